The maximum Gasteiger partial charge on any atom is 0.159 e. The van der Waals surface area contributed by atoms with E-state index in [0.29, 0.717) is 12.0 Å². The van der Waals surface area contributed by atoms with Gasteiger partial charge in [-0.1, -0.05) is 42.5 Å². The molecule has 0 aliphatic heterocycles. The molecule has 4 heteroatoms. The maximum atomic E-state index is 12.0. The van der Waals surface area contributed by atoms with Crippen LogP contribution < -0.4 is 5.32 Å². The molecule has 1 aromatic rings. The Kier molecular flexibility index (Phi) is 4.32. The van der Waals surface area contributed by atoms with Gasteiger partial charge in [-0.3, -0.25) is 9.59 Å². The fourth-order valence-corrected chi connectivity index (χ4v) is 2.87. The van der Waals surface area contributed by atoms with Gasteiger partial charge in [-0.15, -0.1) is 0 Å². The molecule has 20 heavy (non-hydrogen) atoms. The second-order valence-corrected chi connectivity index (χ2v) is 7.10. The van der Waals surface area contributed by atoms with E-state index in [0.717, 1.165) is 11.4 Å². The molecule has 1 unspecified atom stereocenters. The normalized spacial score (nSPS) is 21.3. The molecule has 1 N–H and O–H groups in total. The van der Waals surface area contributed by atoms with E-state index in [4.69, 9.17) is 0 Å². The van der Waals surface area contributed by atoms with Crippen LogP contribution in [0.2, 0.25) is 0 Å². The Morgan fingerprint density at radius 2 is 1.90 bits per heavy atom. The van der Waals surface area contributed by atoms with E-state index in [1.807, 2.05) is 12.1 Å². The summed E-state index contributed by atoms with van der Waals surface area (Å²) in [5.74, 6) is 0.303. The maximum absolute atomic E-state index is 12.0. The van der Waals surface area contributed by atoms with E-state index in [2.05, 4.69) is 47.8 Å². The fraction of sp³-hybridized carbons (Fsp3) is 0.375. The van der Waals surface area contributed by atoms with Crippen molar-refractivity contribution in [1.82, 2.24) is 0 Å². The number of nitrogens with one attached hydrogen (secondary N) is 1. The molecule has 0 spiro atoms. The number of benzene rings is 1. The van der Waals surface area contributed by atoms with Crippen LogP contribution in [0.1, 0.15) is 37.6 Å². The van der Waals surface area contributed by atoms with E-state index in [1.165, 1.54) is 0 Å². The predicted molar refractivity (Wildman–Crippen MR) is 89.4 cm³/mol. The number of Topliss-reactive ketones (excluding diaryl/α,β-unsaturated/α-hetero) is 2. The molecule has 1 aliphatic rings. The second-order valence-electron chi connectivity index (χ2n) is 5.85. The van der Waals surface area contributed by atoms with E-state index in [1.54, 1.807) is 19.1 Å². The summed E-state index contributed by atoms with van der Waals surface area (Å²) in [6.07, 6.45) is 2.71. The summed E-state index contributed by atoms with van der Waals surface area (Å²) in [5, 5.41) is 3.30. The molecule has 0 aromatic heterocycles. The number of rotatable bonds is 3. The van der Waals surface area contributed by atoms with Gasteiger partial charge in [0.2, 0.25) is 0 Å². The number of allylic oxidation sites excluding steroid dienone is 2. The monoisotopic (exact) mass is 383 g/mol. The van der Waals surface area contributed by atoms with Gasteiger partial charge in [0.1, 0.15) is 3.92 Å². The number of alkyl halides is 1. The summed E-state index contributed by atoms with van der Waals surface area (Å²) in [4.78, 5) is 23.3. The summed E-state index contributed by atoms with van der Waals surface area (Å²) in [6, 6.07) is 7.33. The number of ketones is 2. The third-order valence-corrected chi connectivity index (χ3v) is 4.68. The molecule has 106 valence electrons. The van der Waals surface area contributed by atoms with Gasteiger partial charge >= 0.3 is 0 Å². The SMILES string of the molecule is CC(=O)c1ccc(NC2=CC(C)(C)CC(=O)C2I)cc1. The van der Waals surface area contributed by atoms with Crippen LogP contribution in [0.15, 0.2) is 36.0 Å². The molecule has 0 saturated carbocycles. The minimum Gasteiger partial charge on any atom is -0.358 e. The third-order valence-electron chi connectivity index (χ3n) is 3.31. The van der Waals surface area contributed by atoms with Gasteiger partial charge in [0.25, 0.3) is 0 Å². The second kappa shape index (κ2) is 5.68. The number of halogens is 1. The van der Waals surface area contributed by atoms with Crippen molar-refractivity contribution in [3.05, 3.63) is 41.6 Å². The van der Waals surface area contributed by atoms with Gasteiger partial charge in [-0.2, -0.15) is 0 Å². The summed E-state index contributed by atoms with van der Waals surface area (Å²) in [6.45, 7) is 5.68. The van der Waals surface area contributed by atoms with Crippen LogP contribution in [0, 0.1) is 5.41 Å². The number of carbonyl (C=O) groups excluding carboxylic acids is 2. The van der Waals surface area contributed by atoms with Crippen molar-refractivity contribution in [3.8, 4) is 0 Å². The highest BCUT2D eigenvalue weighted by Gasteiger charge is 2.32. The lowest BCUT2D eigenvalue weighted by Crippen LogP contribution is -2.32. The first-order chi connectivity index (χ1) is 9.28. The lowest BCUT2D eigenvalue weighted by molar-refractivity contribution is -0.119. The van der Waals surface area contributed by atoms with Crippen LogP contribution >= 0.6 is 22.6 Å². The summed E-state index contributed by atoms with van der Waals surface area (Å²) >= 11 is 2.17. The Morgan fingerprint density at radius 1 is 1.30 bits per heavy atom. The molecule has 0 heterocycles. The zero-order valence-corrected chi connectivity index (χ0v) is 14.0. The highest BCUT2D eigenvalue weighted by atomic mass is 127. The lowest BCUT2D eigenvalue weighted by Gasteiger charge is -2.30. The Hall–Kier alpha value is -1.17. The minimum atomic E-state index is -0.131. The van der Waals surface area contributed by atoms with Crippen LogP contribution in [0.5, 0.6) is 0 Å². The zero-order chi connectivity index (χ0) is 14.9. The Bertz CT molecular complexity index is 573. The average molecular weight is 383 g/mol. The van der Waals surface area contributed by atoms with Crippen molar-refractivity contribution in [1.29, 1.82) is 0 Å². The van der Waals surface area contributed by atoms with Crippen LogP contribution in [-0.4, -0.2) is 15.5 Å². The molecule has 0 radical (unpaired) electrons. The number of hydrogen-bond donors (Lipinski definition) is 1. The molecular formula is C16H18INO2. The van der Waals surface area contributed by atoms with Gasteiger partial charge in [0, 0.05) is 23.4 Å². The Balaban J connectivity index is 2.22. The average Bonchev–Trinajstić information content (AvgIpc) is 2.35. The molecule has 0 bridgehead atoms. The van der Waals surface area contributed by atoms with Crippen LogP contribution in [0.3, 0.4) is 0 Å². The quantitative estimate of drug-likeness (QED) is 0.488. The molecule has 0 fully saturated rings. The topological polar surface area (TPSA) is 46.2 Å². The lowest BCUT2D eigenvalue weighted by atomic mass is 9.81. The summed E-state index contributed by atoms with van der Waals surface area (Å²) in [5.41, 5.74) is 2.41. The number of anilines is 1. The highest BCUT2D eigenvalue weighted by molar-refractivity contribution is 14.1. The van der Waals surface area contributed by atoms with E-state index < -0.39 is 0 Å². The first kappa shape index (κ1) is 15.2. The summed E-state index contributed by atoms with van der Waals surface area (Å²) in [7, 11) is 0. The molecular weight excluding hydrogens is 365 g/mol. The van der Waals surface area contributed by atoms with Crippen molar-refractivity contribution in [2.45, 2.75) is 31.1 Å². The van der Waals surface area contributed by atoms with Crippen molar-refractivity contribution >= 4 is 39.8 Å². The van der Waals surface area contributed by atoms with Crippen molar-refractivity contribution in [2.75, 3.05) is 5.32 Å². The van der Waals surface area contributed by atoms with Crippen molar-refractivity contribution < 1.29 is 9.59 Å². The van der Waals surface area contributed by atoms with Crippen LogP contribution in [0.25, 0.3) is 0 Å². The number of carbonyl (C=O) groups is 2. The summed E-state index contributed by atoms with van der Waals surface area (Å²) < 4.78 is -0.131. The van der Waals surface area contributed by atoms with Crippen LogP contribution in [0.4, 0.5) is 5.69 Å². The van der Waals surface area contributed by atoms with Gasteiger partial charge in [-0.05, 0) is 36.6 Å². The van der Waals surface area contributed by atoms with Crippen molar-refractivity contribution in [2.24, 2.45) is 5.41 Å². The van der Waals surface area contributed by atoms with E-state index in [-0.39, 0.29) is 20.9 Å². The highest BCUT2D eigenvalue weighted by Crippen LogP contribution is 2.34. The molecule has 0 saturated heterocycles. The van der Waals surface area contributed by atoms with Crippen molar-refractivity contribution in [3.63, 3.8) is 0 Å². The van der Waals surface area contributed by atoms with E-state index in [9.17, 15) is 9.59 Å². The molecule has 0 amide bonds. The van der Waals surface area contributed by atoms with Gasteiger partial charge in [0.05, 0.1) is 0 Å². The van der Waals surface area contributed by atoms with E-state index >= 15 is 0 Å². The predicted octanol–water partition coefficient (Wildman–Crippen LogP) is 3.99. The molecule has 2 rings (SSSR count). The minimum absolute atomic E-state index is 0.0523. The van der Waals surface area contributed by atoms with Gasteiger partial charge < -0.3 is 5.32 Å². The molecule has 1 aromatic carbocycles. The standard InChI is InChI=1S/C16H18INO2/c1-10(19)11-4-6-12(7-5-11)18-13-8-16(2,3)9-14(20)15(13)17/h4-8,15,18H,9H2,1-3H3. The van der Waals surface area contributed by atoms with Gasteiger partial charge in [0.15, 0.2) is 11.6 Å². The third kappa shape index (κ3) is 3.48. The van der Waals surface area contributed by atoms with Crippen LogP contribution in [-0.2, 0) is 4.79 Å². The molecule has 1 atom stereocenters. The Morgan fingerprint density at radius 3 is 2.45 bits per heavy atom. The zero-order valence-electron chi connectivity index (χ0n) is 11.9. The molecule has 3 nitrogen and oxygen atoms in total. The smallest absolute Gasteiger partial charge is 0.159 e. The first-order valence-corrected chi connectivity index (χ1v) is 7.81. The molecule has 1 aliphatic carbocycles. The Labute approximate surface area is 133 Å². The van der Waals surface area contributed by atoms with Gasteiger partial charge in [-0.25, -0.2) is 0 Å². The first-order valence-electron chi connectivity index (χ1n) is 6.56. The largest absolute Gasteiger partial charge is 0.358 e. The fourth-order valence-electron chi connectivity index (χ4n) is 2.31. The number of hydrogen-bond acceptors (Lipinski definition) is 3.